The predicted molar refractivity (Wildman–Crippen MR) is 123 cm³/mol. The van der Waals surface area contributed by atoms with Crippen LogP contribution in [0.3, 0.4) is 0 Å². The van der Waals surface area contributed by atoms with Crippen molar-refractivity contribution in [3.63, 3.8) is 0 Å². The van der Waals surface area contributed by atoms with E-state index in [0.717, 1.165) is 39.6 Å². The van der Waals surface area contributed by atoms with E-state index in [-0.39, 0.29) is 13.2 Å². The monoisotopic (exact) mass is 412 g/mol. The van der Waals surface area contributed by atoms with Gasteiger partial charge in [0.15, 0.2) is 0 Å². The van der Waals surface area contributed by atoms with Crippen molar-refractivity contribution in [1.29, 1.82) is 0 Å². The molecule has 6 heteroatoms. The van der Waals surface area contributed by atoms with Gasteiger partial charge in [-0.1, -0.05) is 24.3 Å². The van der Waals surface area contributed by atoms with Gasteiger partial charge in [0.2, 0.25) is 0 Å². The van der Waals surface area contributed by atoms with Gasteiger partial charge in [0.05, 0.1) is 36.0 Å². The van der Waals surface area contributed by atoms with Gasteiger partial charge in [-0.25, -0.2) is 4.98 Å². The summed E-state index contributed by atoms with van der Waals surface area (Å²) in [5.41, 5.74) is 6.17. The molecule has 0 aliphatic heterocycles. The molecule has 156 valence electrons. The van der Waals surface area contributed by atoms with Crippen LogP contribution in [0.2, 0.25) is 0 Å². The third-order valence-electron chi connectivity index (χ3n) is 4.99. The number of hydrogen-bond donors (Lipinski definition) is 2. The summed E-state index contributed by atoms with van der Waals surface area (Å²) >= 11 is 0. The van der Waals surface area contributed by atoms with Crippen molar-refractivity contribution in [1.82, 2.24) is 15.0 Å². The second kappa shape index (κ2) is 9.93. The molecular weight excluding hydrogens is 388 g/mol. The lowest BCUT2D eigenvalue weighted by Gasteiger charge is -2.23. The minimum absolute atomic E-state index is 0.0347. The van der Waals surface area contributed by atoms with Crippen molar-refractivity contribution in [3.05, 3.63) is 85.2 Å². The molecule has 0 fully saturated rings. The zero-order valence-corrected chi connectivity index (χ0v) is 17.1. The van der Waals surface area contributed by atoms with E-state index in [4.69, 9.17) is 4.98 Å². The summed E-state index contributed by atoms with van der Waals surface area (Å²) in [4.78, 5) is 15.7. The molecule has 2 N–H and O–H groups in total. The number of nitrogens with zero attached hydrogens (tertiary/aromatic N) is 4. The maximum absolute atomic E-state index is 9.29. The highest BCUT2D eigenvalue weighted by molar-refractivity contribution is 5.75. The van der Waals surface area contributed by atoms with Gasteiger partial charge in [-0.15, -0.1) is 0 Å². The molecule has 1 aromatic carbocycles. The number of hydrogen-bond acceptors (Lipinski definition) is 6. The molecule has 0 spiro atoms. The average Bonchev–Trinajstić information content (AvgIpc) is 2.85. The van der Waals surface area contributed by atoms with Crippen molar-refractivity contribution in [2.24, 2.45) is 0 Å². The molecule has 6 nitrogen and oxygen atoms in total. The van der Waals surface area contributed by atoms with Crippen LogP contribution in [0.4, 0.5) is 5.69 Å². The second-order valence-electron chi connectivity index (χ2n) is 7.04. The standard InChI is InChI=1S/C25H24N4O2/c30-15-13-29(14-16-31)21-9-7-19(8-10-21)20-17-24(22-5-1-3-11-26-22)28-25(18-20)23-6-2-4-12-27-23/h1-12,17-18,30-31H,13-16H2. The lowest BCUT2D eigenvalue weighted by molar-refractivity contribution is 0.281. The van der Waals surface area contributed by atoms with E-state index < -0.39 is 0 Å². The molecular formula is C25H24N4O2. The van der Waals surface area contributed by atoms with Gasteiger partial charge in [0.1, 0.15) is 0 Å². The topological polar surface area (TPSA) is 82.4 Å². The molecule has 0 aliphatic rings. The molecule has 31 heavy (non-hydrogen) atoms. The van der Waals surface area contributed by atoms with Crippen LogP contribution in [0.15, 0.2) is 85.2 Å². The van der Waals surface area contributed by atoms with Crippen LogP contribution in [0, 0.1) is 0 Å². The minimum Gasteiger partial charge on any atom is -0.395 e. The zero-order valence-electron chi connectivity index (χ0n) is 17.1. The number of rotatable bonds is 8. The first-order valence-corrected chi connectivity index (χ1v) is 10.2. The Morgan fingerprint density at radius 3 is 1.61 bits per heavy atom. The molecule has 0 unspecified atom stereocenters. The second-order valence-corrected chi connectivity index (χ2v) is 7.04. The normalized spacial score (nSPS) is 10.8. The summed E-state index contributed by atoms with van der Waals surface area (Å²) in [6.07, 6.45) is 3.52. The van der Waals surface area contributed by atoms with Gasteiger partial charge in [0, 0.05) is 31.2 Å². The SMILES string of the molecule is OCCN(CCO)c1ccc(-c2cc(-c3ccccn3)nc(-c3ccccn3)c2)cc1. The van der Waals surface area contributed by atoms with Crippen molar-refractivity contribution in [2.75, 3.05) is 31.2 Å². The lowest BCUT2D eigenvalue weighted by atomic mass is 10.0. The Labute approximate surface area is 181 Å². The molecule has 0 bridgehead atoms. The van der Waals surface area contributed by atoms with E-state index in [1.807, 2.05) is 77.7 Å². The highest BCUT2D eigenvalue weighted by Crippen LogP contribution is 2.30. The summed E-state index contributed by atoms with van der Waals surface area (Å²) in [6.45, 7) is 1.02. The number of aromatic nitrogens is 3. The van der Waals surface area contributed by atoms with Gasteiger partial charge in [-0.3, -0.25) is 9.97 Å². The Bertz CT molecular complexity index is 1040. The van der Waals surface area contributed by atoms with Gasteiger partial charge in [-0.05, 0) is 59.7 Å². The van der Waals surface area contributed by atoms with Crippen molar-refractivity contribution < 1.29 is 10.2 Å². The highest BCUT2D eigenvalue weighted by Gasteiger charge is 2.11. The largest absolute Gasteiger partial charge is 0.395 e. The van der Waals surface area contributed by atoms with Crippen LogP contribution < -0.4 is 4.90 Å². The Morgan fingerprint density at radius 1 is 0.613 bits per heavy atom. The van der Waals surface area contributed by atoms with Crippen LogP contribution in [0.5, 0.6) is 0 Å². The summed E-state index contributed by atoms with van der Waals surface area (Å²) in [5, 5.41) is 18.6. The number of anilines is 1. The van der Waals surface area contributed by atoms with Gasteiger partial charge in [-0.2, -0.15) is 0 Å². The Kier molecular flexibility index (Phi) is 6.62. The first-order valence-electron chi connectivity index (χ1n) is 10.2. The van der Waals surface area contributed by atoms with E-state index in [9.17, 15) is 10.2 Å². The summed E-state index contributed by atoms with van der Waals surface area (Å²) < 4.78 is 0. The molecule has 3 heterocycles. The fourth-order valence-corrected chi connectivity index (χ4v) is 3.46. The number of aliphatic hydroxyl groups excluding tert-OH is 2. The quantitative estimate of drug-likeness (QED) is 0.460. The van der Waals surface area contributed by atoms with Crippen LogP contribution in [0.1, 0.15) is 0 Å². The first-order chi connectivity index (χ1) is 15.3. The molecule has 0 atom stereocenters. The lowest BCUT2D eigenvalue weighted by Crippen LogP contribution is -2.29. The third kappa shape index (κ3) is 4.94. The number of pyridine rings is 3. The van der Waals surface area contributed by atoms with Crippen LogP contribution in [-0.4, -0.2) is 51.5 Å². The maximum atomic E-state index is 9.29. The Morgan fingerprint density at radius 2 is 1.16 bits per heavy atom. The number of benzene rings is 1. The van der Waals surface area contributed by atoms with E-state index in [1.165, 1.54) is 0 Å². The predicted octanol–water partition coefficient (Wildman–Crippen LogP) is 3.66. The van der Waals surface area contributed by atoms with Crippen LogP contribution >= 0.6 is 0 Å². The Hall–Kier alpha value is -3.61. The highest BCUT2D eigenvalue weighted by atomic mass is 16.3. The fraction of sp³-hybridized carbons (Fsp3) is 0.160. The van der Waals surface area contributed by atoms with Crippen molar-refractivity contribution in [3.8, 4) is 33.9 Å². The van der Waals surface area contributed by atoms with Crippen LogP contribution in [0.25, 0.3) is 33.9 Å². The molecule has 0 saturated carbocycles. The molecule has 4 aromatic rings. The summed E-state index contributed by atoms with van der Waals surface area (Å²) in [7, 11) is 0. The average molecular weight is 412 g/mol. The molecule has 3 aromatic heterocycles. The molecule has 0 radical (unpaired) electrons. The molecule has 0 amide bonds. The Balaban J connectivity index is 1.75. The third-order valence-corrected chi connectivity index (χ3v) is 4.99. The zero-order chi connectivity index (χ0) is 21.5. The van der Waals surface area contributed by atoms with E-state index in [0.29, 0.717) is 13.1 Å². The van der Waals surface area contributed by atoms with E-state index >= 15 is 0 Å². The van der Waals surface area contributed by atoms with Crippen LogP contribution in [-0.2, 0) is 0 Å². The number of aliphatic hydroxyl groups is 2. The summed E-state index contributed by atoms with van der Waals surface area (Å²) in [6, 6.07) is 23.7. The molecule has 0 aliphatic carbocycles. The van der Waals surface area contributed by atoms with Crippen molar-refractivity contribution >= 4 is 5.69 Å². The van der Waals surface area contributed by atoms with Gasteiger partial charge < -0.3 is 15.1 Å². The molecule has 4 rings (SSSR count). The van der Waals surface area contributed by atoms with E-state index in [2.05, 4.69) is 9.97 Å². The van der Waals surface area contributed by atoms with E-state index in [1.54, 1.807) is 12.4 Å². The first kappa shape index (κ1) is 20.7. The van der Waals surface area contributed by atoms with Gasteiger partial charge in [0.25, 0.3) is 0 Å². The maximum Gasteiger partial charge on any atom is 0.0900 e. The smallest absolute Gasteiger partial charge is 0.0900 e. The molecule has 0 saturated heterocycles. The van der Waals surface area contributed by atoms with Gasteiger partial charge >= 0.3 is 0 Å². The summed E-state index contributed by atoms with van der Waals surface area (Å²) in [5.74, 6) is 0. The fourth-order valence-electron chi connectivity index (χ4n) is 3.46. The minimum atomic E-state index is 0.0347. The van der Waals surface area contributed by atoms with Crippen molar-refractivity contribution in [2.45, 2.75) is 0 Å².